The van der Waals surface area contributed by atoms with Gasteiger partial charge in [0.25, 0.3) is 0 Å². The summed E-state index contributed by atoms with van der Waals surface area (Å²) in [5.41, 5.74) is 1.94. The maximum atomic E-state index is 11.8. The first kappa shape index (κ1) is 18.5. The molecule has 1 unspecified atom stereocenters. The highest BCUT2D eigenvalue weighted by molar-refractivity contribution is 9.10. The number of ether oxygens (including phenoxy) is 1. The fourth-order valence-corrected chi connectivity index (χ4v) is 2.56. The van der Waals surface area contributed by atoms with Gasteiger partial charge in [-0.3, -0.25) is 4.79 Å². The second kappa shape index (κ2) is 9.45. The predicted octanol–water partition coefficient (Wildman–Crippen LogP) is 3.77. The van der Waals surface area contributed by atoms with Crippen LogP contribution in [0.3, 0.4) is 0 Å². The van der Waals surface area contributed by atoms with Crippen molar-refractivity contribution in [1.82, 2.24) is 5.32 Å². The Morgan fingerprint density at radius 2 is 2.00 bits per heavy atom. The standard InChI is InChI=1S/C19H22BrNO3/c1-14-7-9-15(10-8-14)18(22)13-21-19(23)6-3-11-24-17-5-2-4-16(20)12-17/h2,4-5,7-10,12,18,22H,3,6,11,13H2,1H3,(H,21,23). The van der Waals surface area contributed by atoms with Crippen molar-refractivity contribution in [2.24, 2.45) is 0 Å². The third-order valence-electron chi connectivity index (χ3n) is 3.57. The van der Waals surface area contributed by atoms with Crippen LogP contribution in [0.15, 0.2) is 53.0 Å². The van der Waals surface area contributed by atoms with Gasteiger partial charge in [-0.15, -0.1) is 0 Å². The molecule has 0 fully saturated rings. The molecule has 128 valence electrons. The Kier molecular flexibility index (Phi) is 7.28. The van der Waals surface area contributed by atoms with E-state index in [-0.39, 0.29) is 12.5 Å². The number of halogens is 1. The van der Waals surface area contributed by atoms with Crippen molar-refractivity contribution in [2.45, 2.75) is 25.9 Å². The number of benzene rings is 2. The van der Waals surface area contributed by atoms with Crippen molar-refractivity contribution in [3.05, 3.63) is 64.1 Å². The highest BCUT2D eigenvalue weighted by atomic mass is 79.9. The van der Waals surface area contributed by atoms with Crippen LogP contribution in [-0.4, -0.2) is 24.2 Å². The van der Waals surface area contributed by atoms with Crippen molar-refractivity contribution in [2.75, 3.05) is 13.2 Å². The van der Waals surface area contributed by atoms with Gasteiger partial charge in [0.05, 0.1) is 12.7 Å². The number of nitrogens with one attached hydrogen (secondary N) is 1. The second-order valence-electron chi connectivity index (χ2n) is 5.64. The quantitative estimate of drug-likeness (QED) is 0.673. The summed E-state index contributed by atoms with van der Waals surface area (Å²) in [7, 11) is 0. The molecule has 2 aromatic rings. The second-order valence-corrected chi connectivity index (χ2v) is 6.56. The molecule has 1 amide bonds. The van der Waals surface area contributed by atoms with E-state index in [0.717, 1.165) is 21.3 Å². The lowest BCUT2D eigenvalue weighted by molar-refractivity contribution is -0.121. The number of carbonyl (C=O) groups is 1. The van der Waals surface area contributed by atoms with E-state index in [1.807, 2.05) is 55.5 Å². The van der Waals surface area contributed by atoms with Crippen molar-refractivity contribution in [3.63, 3.8) is 0 Å². The van der Waals surface area contributed by atoms with Crippen LogP contribution in [0.25, 0.3) is 0 Å². The van der Waals surface area contributed by atoms with Crippen LogP contribution in [0.1, 0.15) is 30.1 Å². The molecule has 0 saturated heterocycles. The third kappa shape index (κ3) is 6.34. The predicted molar refractivity (Wildman–Crippen MR) is 98.0 cm³/mol. The number of hydrogen-bond donors (Lipinski definition) is 2. The van der Waals surface area contributed by atoms with Gasteiger partial charge in [0, 0.05) is 17.4 Å². The molecule has 1 atom stereocenters. The maximum absolute atomic E-state index is 11.8. The fraction of sp³-hybridized carbons (Fsp3) is 0.316. The molecule has 2 rings (SSSR count). The van der Waals surface area contributed by atoms with Gasteiger partial charge in [-0.05, 0) is 37.1 Å². The summed E-state index contributed by atoms with van der Waals surface area (Å²) < 4.78 is 6.54. The summed E-state index contributed by atoms with van der Waals surface area (Å²) in [5, 5.41) is 12.8. The lowest BCUT2D eigenvalue weighted by Gasteiger charge is -2.12. The Morgan fingerprint density at radius 1 is 1.25 bits per heavy atom. The van der Waals surface area contributed by atoms with Gasteiger partial charge < -0.3 is 15.2 Å². The molecular formula is C19H22BrNO3. The summed E-state index contributed by atoms with van der Waals surface area (Å²) in [6.07, 6.45) is 0.306. The molecule has 0 radical (unpaired) electrons. The highest BCUT2D eigenvalue weighted by Crippen LogP contribution is 2.18. The molecule has 0 heterocycles. The SMILES string of the molecule is Cc1ccc(C(O)CNC(=O)CCCOc2cccc(Br)c2)cc1. The van der Waals surface area contributed by atoms with Gasteiger partial charge in [-0.1, -0.05) is 51.8 Å². The smallest absolute Gasteiger partial charge is 0.220 e. The summed E-state index contributed by atoms with van der Waals surface area (Å²) in [6, 6.07) is 15.2. The van der Waals surface area contributed by atoms with Gasteiger partial charge in [-0.2, -0.15) is 0 Å². The van der Waals surface area contributed by atoms with Crippen LogP contribution < -0.4 is 10.1 Å². The van der Waals surface area contributed by atoms with Gasteiger partial charge in [0.15, 0.2) is 0 Å². The molecule has 0 aliphatic heterocycles. The summed E-state index contributed by atoms with van der Waals surface area (Å²) in [4.78, 5) is 11.8. The van der Waals surface area contributed by atoms with Crippen LogP contribution in [-0.2, 0) is 4.79 Å². The fourth-order valence-electron chi connectivity index (χ4n) is 2.18. The summed E-state index contributed by atoms with van der Waals surface area (Å²) >= 11 is 3.38. The average Bonchev–Trinajstić information content (AvgIpc) is 2.57. The monoisotopic (exact) mass is 391 g/mol. The summed E-state index contributed by atoms with van der Waals surface area (Å²) in [5.74, 6) is 0.693. The summed E-state index contributed by atoms with van der Waals surface area (Å²) in [6.45, 7) is 2.69. The molecule has 4 nitrogen and oxygen atoms in total. The van der Waals surface area contributed by atoms with Crippen molar-refractivity contribution >= 4 is 21.8 Å². The molecule has 0 saturated carbocycles. The number of aliphatic hydroxyl groups is 1. The van der Waals surface area contributed by atoms with Crippen LogP contribution in [0.4, 0.5) is 0 Å². The first-order chi connectivity index (χ1) is 11.5. The Labute approximate surface area is 151 Å². The Balaban J connectivity index is 1.63. The molecular weight excluding hydrogens is 370 g/mol. The minimum Gasteiger partial charge on any atom is -0.494 e. The van der Waals surface area contributed by atoms with Gasteiger partial charge in [-0.25, -0.2) is 0 Å². The van der Waals surface area contributed by atoms with Gasteiger partial charge in [0.1, 0.15) is 5.75 Å². The minimum absolute atomic E-state index is 0.0843. The number of aryl methyl sites for hydroxylation is 1. The number of rotatable bonds is 8. The highest BCUT2D eigenvalue weighted by Gasteiger charge is 2.09. The Hall–Kier alpha value is -1.85. The number of hydrogen-bond acceptors (Lipinski definition) is 3. The first-order valence-corrected chi connectivity index (χ1v) is 8.73. The molecule has 2 N–H and O–H groups in total. The van der Waals surface area contributed by atoms with Crippen LogP contribution in [0, 0.1) is 6.92 Å². The van der Waals surface area contributed by atoms with Crippen LogP contribution >= 0.6 is 15.9 Å². The molecule has 0 aliphatic carbocycles. The van der Waals surface area contributed by atoms with E-state index in [4.69, 9.17) is 4.74 Å². The maximum Gasteiger partial charge on any atom is 0.220 e. The van der Waals surface area contributed by atoms with Crippen LogP contribution in [0.5, 0.6) is 5.75 Å². The zero-order valence-corrected chi connectivity index (χ0v) is 15.3. The van der Waals surface area contributed by atoms with E-state index in [0.29, 0.717) is 19.4 Å². The number of aliphatic hydroxyl groups excluding tert-OH is 1. The Morgan fingerprint density at radius 3 is 2.71 bits per heavy atom. The molecule has 0 spiro atoms. The van der Waals surface area contributed by atoms with E-state index in [1.54, 1.807) is 0 Å². The molecule has 0 bridgehead atoms. The lowest BCUT2D eigenvalue weighted by atomic mass is 10.1. The van der Waals surface area contributed by atoms with Crippen molar-refractivity contribution in [1.29, 1.82) is 0 Å². The van der Waals surface area contributed by atoms with E-state index in [9.17, 15) is 9.90 Å². The van der Waals surface area contributed by atoms with Gasteiger partial charge >= 0.3 is 0 Å². The third-order valence-corrected chi connectivity index (χ3v) is 4.06. The number of amides is 1. The average molecular weight is 392 g/mol. The zero-order valence-electron chi connectivity index (χ0n) is 13.7. The molecule has 2 aromatic carbocycles. The minimum atomic E-state index is -0.688. The topological polar surface area (TPSA) is 58.6 Å². The van der Waals surface area contributed by atoms with E-state index >= 15 is 0 Å². The molecule has 5 heteroatoms. The van der Waals surface area contributed by atoms with E-state index in [2.05, 4.69) is 21.2 Å². The van der Waals surface area contributed by atoms with Crippen molar-refractivity contribution < 1.29 is 14.6 Å². The van der Waals surface area contributed by atoms with Crippen LogP contribution in [0.2, 0.25) is 0 Å². The normalized spacial score (nSPS) is 11.8. The largest absolute Gasteiger partial charge is 0.494 e. The molecule has 0 aliphatic rings. The lowest BCUT2D eigenvalue weighted by Crippen LogP contribution is -2.28. The zero-order chi connectivity index (χ0) is 17.4. The first-order valence-electron chi connectivity index (χ1n) is 7.94. The molecule has 0 aromatic heterocycles. The van der Waals surface area contributed by atoms with Gasteiger partial charge in [0.2, 0.25) is 5.91 Å². The molecule has 24 heavy (non-hydrogen) atoms. The number of carbonyl (C=O) groups excluding carboxylic acids is 1. The Bertz CT molecular complexity index is 658. The van der Waals surface area contributed by atoms with E-state index < -0.39 is 6.10 Å². The van der Waals surface area contributed by atoms with E-state index in [1.165, 1.54) is 0 Å². The van der Waals surface area contributed by atoms with Crippen molar-refractivity contribution in [3.8, 4) is 5.75 Å².